The monoisotopic (exact) mass is 390 g/mol. The van der Waals surface area contributed by atoms with Gasteiger partial charge in [0.1, 0.15) is 0 Å². The van der Waals surface area contributed by atoms with Gasteiger partial charge in [-0.3, -0.25) is 0 Å². The van der Waals surface area contributed by atoms with Gasteiger partial charge in [0.25, 0.3) is 0 Å². The van der Waals surface area contributed by atoms with E-state index in [4.69, 9.17) is 11.6 Å². The lowest BCUT2D eigenvalue weighted by molar-refractivity contribution is -0.713. The van der Waals surface area contributed by atoms with Gasteiger partial charge in [-0.1, -0.05) is 74.0 Å². The maximum Gasteiger partial charge on any atom is 0.213 e. The van der Waals surface area contributed by atoms with Crippen molar-refractivity contribution in [2.75, 3.05) is 0 Å². The number of rotatable bonds is 6. The first-order chi connectivity index (χ1) is 13.5. The minimum Gasteiger partial charge on any atom is -0.195 e. The third-order valence-corrected chi connectivity index (χ3v) is 5.65. The van der Waals surface area contributed by atoms with Crippen molar-refractivity contribution in [2.24, 2.45) is 0 Å². The molecule has 0 saturated heterocycles. The molecule has 0 aliphatic heterocycles. The smallest absolute Gasteiger partial charge is 0.195 e. The molecule has 3 rings (SSSR count). The Balaban J connectivity index is 2.29. The number of pyridine rings is 1. The first-order valence-electron chi connectivity index (χ1n) is 10.0. The summed E-state index contributed by atoms with van der Waals surface area (Å²) < 4.78 is 2.43. The number of halogens is 1. The van der Waals surface area contributed by atoms with Crippen LogP contribution in [0.1, 0.15) is 49.4 Å². The highest BCUT2D eigenvalue weighted by atomic mass is 35.5. The Hall–Kier alpha value is -2.38. The third-order valence-electron chi connectivity index (χ3n) is 5.45. The highest BCUT2D eigenvalue weighted by Gasteiger charge is 2.25. The third kappa shape index (κ3) is 4.05. The molecule has 0 radical (unpaired) electrons. The maximum atomic E-state index is 6.43. The molecule has 28 heavy (non-hydrogen) atoms. The Morgan fingerprint density at radius 2 is 1.64 bits per heavy atom. The second-order valence-electron chi connectivity index (χ2n) is 7.46. The largest absolute Gasteiger partial charge is 0.213 e. The predicted octanol–water partition coefficient (Wildman–Crippen LogP) is 7.50. The molecule has 0 bridgehead atoms. The first-order valence-corrected chi connectivity index (χ1v) is 10.4. The summed E-state index contributed by atoms with van der Waals surface area (Å²) in [4.78, 5) is 0. The molecule has 0 amide bonds. The lowest BCUT2D eigenvalue weighted by Gasteiger charge is -2.17. The highest BCUT2D eigenvalue weighted by molar-refractivity contribution is 6.48. The Morgan fingerprint density at radius 3 is 2.25 bits per heavy atom. The summed E-state index contributed by atoms with van der Waals surface area (Å²) >= 11 is 6.43. The maximum absolute atomic E-state index is 6.43. The van der Waals surface area contributed by atoms with Gasteiger partial charge in [0.2, 0.25) is 5.69 Å². The van der Waals surface area contributed by atoms with Crippen molar-refractivity contribution in [1.29, 1.82) is 0 Å². The van der Waals surface area contributed by atoms with E-state index in [9.17, 15) is 0 Å². The van der Waals surface area contributed by atoms with Gasteiger partial charge in [-0.2, -0.15) is 4.57 Å². The van der Waals surface area contributed by atoms with Crippen LogP contribution in [0.25, 0.3) is 27.4 Å². The van der Waals surface area contributed by atoms with Gasteiger partial charge >= 0.3 is 0 Å². The molecule has 0 aliphatic carbocycles. The van der Waals surface area contributed by atoms with E-state index in [1.165, 1.54) is 33.5 Å². The Labute approximate surface area is 174 Å². The molecule has 0 unspecified atom stereocenters. The SMILES string of the molecule is C=C(Cl)c1cc(C)cc(C)c1-c1ccc(-c2ccccc2)c[n+]1C(CC)CC. The predicted molar refractivity (Wildman–Crippen MR) is 121 cm³/mol. The minimum atomic E-state index is 0.427. The molecular weight excluding hydrogens is 362 g/mol. The quantitative estimate of drug-likeness (QED) is 0.383. The van der Waals surface area contributed by atoms with Gasteiger partial charge in [-0.05, 0) is 37.1 Å². The second kappa shape index (κ2) is 8.75. The van der Waals surface area contributed by atoms with Gasteiger partial charge in [0.15, 0.2) is 12.2 Å². The molecule has 1 heterocycles. The fourth-order valence-electron chi connectivity index (χ4n) is 4.04. The highest BCUT2D eigenvalue weighted by Crippen LogP contribution is 2.34. The topological polar surface area (TPSA) is 3.88 Å². The van der Waals surface area contributed by atoms with Gasteiger partial charge in [0, 0.05) is 35.1 Å². The van der Waals surface area contributed by atoms with Crippen molar-refractivity contribution in [3.63, 3.8) is 0 Å². The van der Waals surface area contributed by atoms with Crippen molar-refractivity contribution in [3.8, 4) is 22.4 Å². The summed E-state index contributed by atoms with van der Waals surface area (Å²) in [5.41, 5.74) is 8.28. The number of aryl methyl sites for hydroxylation is 2. The van der Waals surface area contributed by atoms with E-state index in [-0.39, 0.29) is 0 Å². The summed E-state index contributed by atoms with van der Waals surface area (Å²) in [5, 5.41) is 0.588. The van der Waals surface area contributed by atoms with Crippen molar-refractivity contribution in [1.82, 2.24) is 0 Å². The number of aromatic nitrogens is 1. The average molecular weight is 391 g/mol. The molecule has 0 atom stereocenters. The van der Waals surface area contributed by atoms with E-state index in [0.29, 0.717) is 11.1 Å². The second-order valence-corrected chi connectivity index (χ2v) is 7.91. The van der Waals surface area contributed by atoms with Crippen LogP contribution in [0.3, 0.4) is 0 Å². The van der Waals surface area contributed by atoms with E-state index >= 15 is 0 Å². The Bertz CT molecular complexity index is 985. The zero-order valence-electron chi connectivity index (χ0n) is 17.3. The first kappa shape index (κ1) is 20.4. The fraction of sp³-hybridized carbons (Fsp3) is 0.269. The zero-order valence-corrected chi connectivity index (χ0v) is 18.1. The van der Waals surface area contributed by atoms with Crippen molar-refractivity contribution >= 4 is 16.6 Å². The molecule has 0 spiro atoms. The van der Waals surface area contributed by atoms with E-state index in [2.05, 4.69) is 99.6 Å². The fourth-order valence-corrected chi connectivity index (χ4v) is 4.19. The van der Waals surface area contributed by atoms with E-state index in [0.717, 1.165) is 18.4 Å². The lowest BCUT2D eigenvalue weighted by atomic mass is 9.94. The van der Waals surface area contributed by atoms with Crippen LogP contribution in [0.5, 0.6) is 0 Å². The van der Waals surface area contributed by atoms with E-state index in [1.807, 2.05) is 0 Å². The van der Waals surface area contributed by atoms with Crippen LogP contribution < -0.4 is 4.57 Å². The van der Waals surface area contributed by atoms with Crippen molar-refractivity contribution < 1.29 is 4.57 Å². The molecule has 0 N–H and O–H groups in total. The van der Waals surface area contributed by atoms with E-state index in [1.54, 1.807) is 0 Å². The molecule has 2 aromatic carbocycles. The van der Waals surface area contributed by atoms with Crippen LogP contribution in [0.2, 0.25) is 0 Å². The van der Waals surface area contributed by atoms with E-state index < -0.39 is 0 Å². The molecule has 3 aromatic rings. The standard InChI is InChI=1S/C26H29ClN/c1-6-23(7-2)28-17-22(21-11-9-8-10-12-21)13-14-25(28)26-19(4)15-18(3)16-24(26)20(5)27/h8-17,23H,5-7H2,1-4H3/q+1. The summed E-state index contributed by atoms with van der Waals surface area (Å²) in [6.07, 6.45) is 4.45. The number of hydrogen-bond donors (Lipinski definition) is 0. The number of nitrogens with zero attached hydrogens (tertiary/aromatic N) is 1. The van der Waals surface area contributed by atoms with Crippen LogP contribution in [0.15, 0.2) is 67.4 Å². The van der Waals surface area contributed by atoms with Crippen molar-refractivity contribution in [3.05, 3.63) is 84.1 Å². The van der Waals surface area contributed by atoms with Crippen LogP contribution in [0.4, 0.5) is 0 Å². The molecule has 0 fully saturated rings. The van der Waals surface area contributed by atoms with Gasteiger partial charge in [-0.25, -0.2) is 0 Å². The van der Waals surface area contributed by atoms with Crippen LogP contribution in [-0.4, -0.2) is 0 Å². The van der Waals surface area contributed by atoms with Crippen LogP contribution >= 0.6 is 11.6 Å². The summed E-state index contributed by atoms with van der Waals surface area (Å²) in [5.74, 6) is 0. The number of hydrogen-bond acceptors (Lipinski definition) is 0. The molecule has 2 heteroatoms. The zero-order chi connectivity index (χ0) is 20.3. The summed E-state index contributed by atoms with van der Waals surface area (Å²) in [6.45, 7) is 12.8. The lowest BCUT2D eigenvalue weighted by Crippen LogP contribution is -2.41. The summed E-state index contributed by atoms with van der Waals surface area (Å²) in [6, 6.07) is 19.8. The molecule has 1 aromatic heterocycles. The minimum absolute atomic E-state index is 0.427. The molecule has 144 valence electrons. The Kier molecular flexibility index (Phi) is 6.36. The Morgan fingerprint density at radius 1 is 0.964 bits per heavy atom. The normalized spacial score (nSPS) is 11.1. The van der Waals surface area contributed by atoms with Gasteiger partial charge in [0.05, 0.1) is 5.56 Å². The molecule has 0 saturated carbocycles. The number of benzene rings is 2. The average Bonchev–Trinajstić information content (AvgIpc) is 2.69. The summed E-state index contributed by atoms with van der Waals surface area (Å²) in [7, 11) is 0. The van der Waals surface area contributed by atoms with Crippen LogP contribution in [0, 0.1) is 13.8 Å². The molecule has 1 nitrogen and oxygen atoms in total. The molecular formula is C26H29ClN+. The van der Waals surface area contributed by atoms with Gasteiger partial charge < -0.3 is 0 Å². The van der Waals surface area contributed by atoms with Crippen molar-refractivity contribution in [2.45, 2.75) is 46.6 Å². The molecule has 0 aliphatic rings. The van der Waals surface area contributed by atoms with Crippen LogP contribution in [-0.2, 0) is 0 Å². The van der Waals surface area contributed by atoms with Gasteiger partial charge in [-0.15, -0.1) is 0 Å².